The van der Waals surface area contributed by atoms with Crippen LogP contribution in [0.5, 0.6) is 0 Å². The van der Waals surface area contributed by atoms with Crippen LogP contribution >= 0.6 is 11.6 Å². The zero-order valence-corrected chi connectivity index (χ0v) is 20.5. The first kappa shape index (κ1) is 22.1. The van der Waals surface area contributed by atoms with E-state index in [4.69, 9.17) is 21.7 Å². The van der Waals surface area contributed by atoms with Crippen LogP contribution in [-0.2, 0) is 6.42 Å². The highest BCUT2D eigenvalue weighted by atomic mass is 35.5. The highest BCUT2D eigenvalue weighted by molar-refractivity contribution is 6.34. The first-order valence-electron chi connectivity index (χ1n) is 11.9. The Kier molecular flexibility index (Phi) is 5.71. The maximum Gasteiger partial charge on any atom is 0.224 e. The van der Waals surface area contributed by atoms with Crippen LogP contribution in [0.4, 0.5) is 5.95 Å². The molecule has 0 spiro atoms. The maximum absolute atomic E-state index is 6.77. The highest BCUT2D eigenvalue weighted by Gasteiger charge is 2.19. The number of hydrogen-bond acceptors (Lipinski definition) is 8. The number of anilines is 1. The molecule has 0 saturated carbocycles. The predicted octanol–water partition coefficient (Wildman–Crippen LogP) is 3.06. The second-order valence-corrected chi connectivity index (χ2v) is 9.32. The summed E-state index contributed by atoms with van der Waals surface area (Å²) in [7, 11) is 1.80. The highest BCUT2D eigenvalue weighted by Crippen LogP contribution is 2.35. The fourth-order valence-electron chi connectivity index (χ4n) is 4.73. The molecule has 35 heavy (non-hydrogen) atoms. The lowest BCUT2D eigenvalue weighted by Gasteiger charge is -2.26. The molecule has 1 saturated heterocycles. The maximum atomic E-state index is 6.77. The first-order valence-corrected chi connectivity index (χ1v) is 12.3. The molecule has 5 heterocycles. The molecule has 1 aromatic carbocycles. The number of H-pyrrole nitrogens is 1. The summed E-state index contributed by atoms with van der Waals surface area (Å²) in [5.41, 5.74) is 4.94. The van der Waals surface area contributed by atoms with Gasteiger partial charge in [0.25, 0.3) is 0 Å². The number of nitrogens with one attached hydrogen (secondary N) is 3. The molecule has 10 nitrogen and oxygen atoms in total. The van der Waals surface area contributed by atoms with Crippen molar-refractivity contribution in [2.75, 3.05) is 45.1 Å². The number of pyridine rings is 1. The third kappa shape index (κ3) is 4.18. The van der Waals surface area contributed by atoms with E-state index in [0.29, 0.717) is 16.6 Å². The number of hydrogen-bond donors (Lipinski definition) is 3. The molecule has 11 heteroatoms. The van der Waals surface area contributed by atoms with Gasteiger partial charge < -0.3 is 20.5 Å². The van der Waals surface area contributed by atoms with Crippen molar-refractivity contribution in [3.63, 3.8) is 0 Å². The van der Waals surface area contributed by atoms with Gasteiger partial charge in [0.1, 0.15) is 5.82 Å². The third-order valence-corrected chi connectivity index (χ3v) is 6.79. The third-order valence-electron chi connectivity index (χ3n) is 6.48. The van der Waals surface area contributed by atoms with E-state index in [9.17, 15) is 0 Å². The lowest BCUT2D eigenvalue weighted by atomic mass is 10.0. The summed E-state index contributed by atoms with van der Waals surface area (Å²) in [4.78, 5) is 24.4. The molecule has 1 aliphatic heterocycles. The van der Waals surface area contributed by atoms with Crippen LogP contribution in [0.15, 0.2) is 24.4 Å². The summed E-state index contributed by atoms with van der Waals surface area (Å²) >= 11 is 6.77. The lowest BCUT2D eigenvalue weighted by molar-refractivity contribution is 0.238. The Balaban J connectivity index is 1.45. The normalized spacial score (nSPS) is 14.9. The van der Waals surface area contributed by atoms with Crippen LogP contribution in [0.2, 0.25) is 5.02 Å². The second-order valence-electron chi connectivity index (χ2n) is 8.91. The minimum absolute atomic E-state index is 0.536. The van der Waals surface area contributed by atoms with Gasteiger partial charge in [0.05, 0.1) is 16.1 Å². The summed E-state index contributed by atoms with van der Waals surface area (Å²) in [5.74, 6) is 2.18. The van der Waals surface area contributed by atoms with Crippen molar-refractivity contribution >= 4 is 45.3 Å². The monoisotopic (exact) mass is 490 g/mol. The SMILES string of the molecule is CNc1ncc2cc(-c3cc4nc(C)[nH]c4cc3Cl)c3nc(CCCN4CCNCC4)nn3c2n1. The second kappa shape index (κ2) is 9.03. The molecule has 1 fully saturated rings. The van der Waals surface area contributed by atoms with Crippen molar-refractivity contribution in [2.24, 2.45) is 0 Å². The standard InChI is InChI=1S/C24H27ClN10/c1-14-29-19-11-16(18(25)12-20(19)30-14)17-10-15-13-28-24(26-2)32-22(15)35-23(17)31-21(33-35)4-3-7-34-8-5-27-6-9-34/h10-13,27H,3-9H2,1-2H3,(H,29,30)(H,26,28,32). The number of imidazole rings is 1. The molecule has 5 aromatic rings. The number of nitrogens with zero attached hydrogens (tertiary/aromatic N) is 7. The average Bonchev–Trinajstić information content (AvgIpc) is 3.46. The molecule has 4 aromatic heterocycles. The van der Waals surface area contributed by atoms with Crippen molar-refractivity contribution in [1.82, 2.24) is 44.8 Å². The van der Waals surface area contributed by atoms with E-state index in [0.717, 1.165) is 90.4 Å². The zero-order valence-electron chi connectivity index (χ0n) is 19.8. The summed E-state index contributed by atoms with van der Waals surface area (Å²) in [6.45, 7) is 7.25. The van der Waals surface area contributed by atoms with Crippen LogP contribution in [0.3, 0.4) is 0 Å². The van der Waals surface area contributed by atoms with E-state index in [-0.39, 0.29) is 0 Å². The van der Waals surface area contributed by atoms with Crippen LogP contribution in [0, 0.1) is 6.92 Å². The van der Waals surface area contributed by atoms with Gasteiger partial charge in [-0.15, -0.1) is 5.10 Å². The molecule has 0 amide bonds. The average molecular weight is 491 g/mol. The zero-order chi connectivity index (χ0) is 23.9. The van der Waals surface area contributed by atoms with Crippen molar-refractivity contribution in [3.05, 3.63) is 41.1 Å². The molecule has 0 unspecified atom stereocenters. The Morgan fingerprint density at radius 2 is 1.91 bits per heavy atom. The number of piperazine rings is 1. The van der Waals surface area contributed by atoms with Crippen molar-refractivity contribution < 1.29 is 0 Å². The van der Waals surface area contributed by atoms with E-state index in [1.54, 1.807) is 13.2 Å². The largest absolute Gasteiger partial charge is 0.357 e. The minimum atomic E-state index is 0.536. The molecule has 0 radical (unpaired) electrons. The van der Waals surface area contributed by atoms with Crippen LogP contribution in [0.1, 0.15) is 18.1 Å². The van der Waals surface area contributed by atoms with Gasteiger partial charge >= 0.3 is 0 Å². The summed E-state index contributed by atoms with van der Waals surface area (Å²) in [6.07, 6.45) is 3.59. The van der Waals surface area contributed by atoms with Crippen molar-refractivity contribution in [1.29, 1.82) is 0 Å². The van der Waals surface area contributed by atoms with E-state index < -0.39 is 0 Å². The molecule has 0 atom stereocenters. The number of fused-ring (bicyclic) bond motifs is 4. The number of aromatic amines is 1. The van der Waals surface area contributed by atoms with Crippen LogP contribution in [-0.4, -0.2) is 79.2 Å². The molecule has 0 aliphatic carbocycles. The quantitative estimate of drug-likeness (QED) is 0.333. The Morgan fingerprint density at radius 1 is 1.06 bits per heavy atom. The van der Waals surface area contributed by atoms with Gasteiger partial charge in [0, 0.05) is 62.4 Å². The molecule has 3 N–H and O–H groups in total. The number of rotatable bonds is 6. The molecular formula is C24H27ClN10. The van der Waals surface area contributed by atoms with Gasteiger partial charge in [0.15, 0.2) is 17.1 Å². The van der Waals surface area contributed by atoms with Gasteiger partial charge in [-0.05, 0) is 38.1 Å². The predicted molar refractivity (Wildman–Crippen MR) is 138 cm³/mol. The Hall–Kier alpha value is -3.34. The first-order chi connectivity index (χ1) is 17.1. The van der Waals surface area contributed by atoms with Crippen LogP contribution < -0.4 is 10.6 Å². The van der Waals surface area contributed by atoms with Gasteiger partial charge in [0.2, 0.25) is 5.95 Å². The van der Waals surface area contributed by atoms with Crippen molar-refractivity contribution in [2.45, 2.75) is 19.8 Å². The Labute approximate surface area is 207 Å². The molecule has 0 bridgehead atoms. The van der Waals surface area contributed by atoms with E-state index >= 15 is 0 Å². The molecule has 6 rings (SSSR count). The van der Waals surface area contributed by atoms with Crippen LogP contribution in [0.25, 0.3) is 38.8 Å². The number of benzene rings is 1. The Bertz CT molecular complexity index is 1530. The van der Waals surface area contributed by atoms with Gasteiger partial charge in [-0.3, -0.25) is 0 Å². The van der Waals surface area contributed by atoms with Gasteiger partial charge in [-0.2, -0.15) is 9.50 Å². The molecular weight excluding hydrogens is 464 g/mol. The van der Waals surface area contributed by atoms with Crippen molar-refractivity contribution in [3.8, 4) is 11.1 Å². The smallest absolute Gasteiger partial charge is 0.224 e. The summed E-state index contributed by atoms with van der Waals surface area (Å²) in [6, 6.07) is 5.96. The van der Waals surface area contributed by atoms with E-state index in [2.05, 4.69) is 35.5 Å². The lowest BCUT2D eigenvalue weighted by Crippen LogP contribution is -2.43. The molecule has 1 aliphatic rings. The Morgan fingerprint density at radius 3 is 2.74 bits per heavy atom. The fourth-order valence-corrected chi connectivity index (χ4v) is 5.00. The number of aryl methyl sites for hydroxylation is 2. The number of halogens is 1. The number of aromatic nitrogens is 7. The summed E-state index contributed by atoms with van der Waals surface area (Å²) in [5, 5.41) is 12.8. The fraction of sp³-hybridized carbons (Fsp3) is 0.375. The summed E-state index contributed by atoms with van der Waals surface area (Å²) < 4.78 is 1.82. The van der Waals surface area contributed by atoms with E-state index in [1.165, 1.54) is 0 Å². The van der Waals surface area contributed by atoms with Gasteiger partial charge in [-0.1, -0.05) is 11.6 Å². The van der Waals surface area contributed by atoms with Gasteiger partial charge in [-0.25, -0.2) is 15.0 Å². The topological polar surface area (TPSA) is 112 Å². The van der Waals surface area contributed by atoms with E-state index in [1.807, 2.05) is 29.6 Å². The minimum Gasteiger partial charge on any atom is -0.357 e. The molecule has 180 valence electrons.